The van der Waals surface area contributed by atoms with Crippen molar-refractivity contribution < 1.29 is 17.1 Å². The van der Waals surface area contributed by atoms with Gasteiger partial charge in [0.1, 0.15) is 0 Å². The van der Waals surface area contributed by atoms with Crippen molar-refractivity contribution in [2.45, 2.75) is 18.9 Å². The van der Waals surface area contributed by atoms with Gasteiger partial charge in [0.2, 0.25) is 0 Å². The summed E-state index contributed by atoms with van der Waals surface area (Å²) in [4.78, 5) is 6.54. The minimum atomic E-state index is 0. The smallest absolute Gasteiger partial charge is 0.512 e. The Kier molecular flexibility index (Phi) is 6.98. The van der Waals surface area contributed by atoms with Gasteiger partial charge in [-0.15, -0.1) is 0 Å². The largest absolute Gasteiger partial charge is 1.00 e. The Balaban J connectivity index is 0.000000617. The number of hydrogen-bond acceptors (Lipinski definition) is 3. The standard InChI is InChI=1S/C10H14N2.CN.Cu/c1-12-7-3-5-10(12)9-4-2-6-11-8-9;1-2;/h2,4,6,8,10H,3,5,7H2,1H3;;/q;-1;+1. The van der Waals surface area contributed by atoms with Crippen molar-refractivity contribution in [2.75, 3.05) is 13.6 Å². The van der Waals surface area contributed by atoms with Gasteiger partial charge >= 0.3 is 17.1 Å². The summed E-state index contributed by atoms with van der Waals surface area (Å²) in [5.74, 6) is 0. The van der Waals surface area contributed by atoms with E-state index < -0.39 is 0 Å². The van der Waals surface area contributed by atoms with Gasteiger partial charge in [-0.1, -0.05) is 6.07 Å². The Labute approximate surface area is 102 Å². The van der Waals surface area contributed by atoms with Gasteiger partial charge in [0.05, 0.1) is 0 Å². The number of likely N-dealkylation sites (tertiary alicyclic amines) is 1. The van der Waals surface area contributed by atoms with Gasteiger partial charge in [0.25, 0.3) is 0 Å². The van der Waals surface area contributed by atoms with Crippen molar-refractivity contribution in [3.8, 4) is 0 Å². The van der Waals surface area contributed by atoms with Gasteiger partial charge in [0, 0.05) is 18.4 Å². The molecule has 3 nitrogen and oxygen atoms in total. The van der Waals surface area contributed by atoms with E-state index in [4.69, 9.17) is 11.8 Å². The van der Waals surface area contributed by atoms with Gasteiger partial charge in [-0.25, -0.2) is 0 Å². The maximum Gasteiger partial charge on any atom is 1.00 e. The minimum absolute atomic E-state index is 0. The molecule has 0 radical (unpaired) electrons. The Bertz CT molecular complexity index is 286. The molecule has 2 heterocycles. The molecule has 0 bridgehead atoms. The van der Waals surface area contributed by atoms with E-state index in [1.807, 2.05) is 18.5 Å². The van der Waals surface area contributed by atoms with Crippen LogP contribution in [0.4, 0.5) is 0 Å². The Morgan fingerprint density at radius 1 is 1.53 bits per heavy atom. The number of pyridine rings is 1. The van der Waals surface area contributed by atoms with E-state index in [0.717, 1.165) is 0 Å². The fourth-order valence-corrected chi connectivity index (χ4v) is 1.90. The maximum atomic E-state index is 6.25. The topological polar surface area (TPSA) is 39.9 Å². The van der Waals surface area contributed by atoms with Crippen LogP contribution in [0.1, 0.15) is 24.4 Å². The molecule has 1 aromatic heterocycles. The molecule has 84 valence electrons. The summed E-state index contributed by atoms with van der Waals surface area (Å²) in [7, 11) is 2.19. The SMILES string of the molecule is CN1CCCC1c1cccnc1.[C-]#N.[Cu+]. The van der Waals surface area contributed by atoms with Crippen LogP contribution in [0, 0.1) is 11.8 Å². The molecule has 4 heteroatoms. The fraction of sp³-hybridized carbons (Fsp3) is 0.455. The Hall–Kier alpha value is -0.881. The second-order valence-corrected chi connectivity index (χ2v) is 3.42. The van der Waals surface area contributed by atoms with Gasteiger partial charge < -0.3 is 11.8 Å². The van der Waals surface area contributed by atoms with E-state index in [1.54, 1.807) is 0 Å². The molecule has 0 spiro atoms. The quantitative estimate of drug-likeness (QED) is 0.566. The van der Waals surface area contributed by atoms with Crippen molar-refractivity contribution in [3.05, 3.63) is 36.7 Å². The number of nitrogens with zero attached hydrogens (tertiary/aromatic N) is 3. The fourth-order valence-electron chi connectivity index (χ4n) is 1.90. The number of aromatic nitrogens is 1. The zero-order valence-corrected chi connectivity index (χ0v) is 9.59. The van der Waals surface area contributed by atoms with E-state index in [1.165, 1.54) is 24.9 Å². The molecule has 1 aromatic rings. The van der Waals surface area contributed by atoms with Gasteiger partial charge in [-0.3, -0.25) is 9.88 Å². The van der Waals surface area contributed by atoms with Crippen LogP contribution < -0.4 is 0 Å². The molecule has 0 aromatic carbocycles. The van der Waals surface area contributed by atoms with Gasteiger partial charge in [-0.05, 0) is 38.1 Å². The van der Waals surface area contributed by atoms with Crippen LogP contribution in [-0.2, 0) is 17.1 Å². The first kappa shape index (κ1) is 14.1. The molecule has 0 N–H and O–H groups in total. The second kappa shape index (κ2) is 7.42. The maximum absolute atomic E-state index is 6.25. The second-order valence-electron chi connectivity index (χ2n) is 3.42. The zero-order valence-electron chi connectivity index (χ0n) is 8.65. The molecule has 1 aliphatic rings. The number of hydrogen-bond donors (Lipinski definition) is 0. The molecule has 0 saturated carbocycles. The first-order valence-corrected chi connectivity index (χ1v) is 4.70. The summed E-state index contributed by atoms with van der Waals surface area (Å²) in [5, 5.41) is 6.25. The van der Waals surface area contributed by atoms with Crippen LogP contribution in [0.3, 0.4) is 0 Å². The van der Waals surface area contributed by atoms with Crippen molar-refractivity contribution in [2.24, 2.45) is 0 Å². The summed E-state index contributed by atoms with van der Waals surface area (Å²) in [6.45, 7) is 5.97. The van der Waals surface area contributed by atoms with Crippen molar-refractivity contribution in [1.29, 1.82) is 5.26 Å². The van der Waals surface area contributed by atoms with Crippen LogP contribution >= 0.6 is 0 Å². The third-order valence-electron chi connectivity index (χ3n) is 2.59. The predicted molar refractivity (Wildman–Crippen MR) is 53.8 cm³/mol. The number of rotatable bonds is 1. The Morgan fingerprint density at radius 2 is 2.27 bits per heavy atom. The summed E-state index contributed by atoms with van der Waals surface area (Å²) >= 11 is 0. The molecule has 1 saturated heterocycles. The van der Waals surface area contributed by atoms with Crippen LogP contribution in [-0.4, -0.2) is 23.5 Å². The summed E-state index contributed by atoms with van der Waals surface area (Å²) in [5.41, 5.74) is 1.36. The summed E-state index contributed by atoms with van der Waals surface area (Å²) in [6, 6.07) is 4.79. The zero-order chi connectivity index (χ0) is 10.4. The van der Waals surface area contributed by atoms with Crippen LogP contribution in [0.15, 0.2) is 24.5 Å². The molecule has 1 unspecified atom stereocenters. The third-order valence-corrected chi connectivity index (χ3v) is 2.59. The Morgan fingerprint density at radius 3 is 2.73 bits per heavy atom. The van der Waals surface area contributed by atoms with E-state index in [0.29, 0.717) is 6.04 Å². The molecular formula is C11H14CuN3. The van der Waals surface area contributed by atoms with E-state index in [2.05, 4.69) is 23.0 Å². The van der Waals surface area contributed by atoms with Crippen LogP contribution in [0.5, 0.6) is 0 Å². The van der Waals surface area contributed by atoms with Gasteiger partial charge in [-0.2, -0.15) is 0 Å². The van der Waals surface area contributed by atoms with E-state index in [9.17, 15) is 0 Å². The summed E-state index contributed by atoms with van der Waals surface area (Å²) in [6.07, 6.45) is 6.41. The molecule has 0 aliphatic carbocycles. The van der Waals surface area contributed by atoms with E-state index >= 15 is 0 Å². The molecule has 15 heavy (non-hydrogen) atoms. The predicted octanol–water partition coefficient (Wildman–Crippen LogP) is 1.94. The third kappa shape index (κ3) is 3.64. The summed E-state index contributed by atoms with van der Waals surface area (Å²) < 4.78 is 0. The molecule has 1 atom stereocenters. The van der Waals surface area contributed by atoms with Crippen LogP contribution in [0.25, 0.3) is 0 Å². The van der Waals surface area contributed by atoms with Gasteiger partial charge in [0.15, 0.2) is 0 Å². The molecule has 1 fully saturated rings. The van der Waals surface area contributed by atoms with Crippen molar-refractivity contribution >= 4 is 0 Å². The average molecular weight is 252 g/mol. The molecule has 0 amide bonds. The molecule has 1 aliphatic heterocycles. The van der Waals surface area contributed by atoms with Crippen molar-refractivity contribution in [1.82, 2.24) is 9.88 Å². The van der Waals surface area contributed by atoms with Crippen molar-refractivity contribution in [3.63, 3.8) is 0 Å². The van der Waals surface area contributed by atoms with E-state index in [-0.39, 0.29) is 17.1 Å². The molecule has 2 rings (SSSR count). The van der Waals surface area contributed by atoms with Crippen LogP contribution in [0.2, 0.25) is 0 Å². The first-order chi connectivity index (χ1) is 6.88. The minimum Gasteiger partial charge on any atom is -0.512 e. The average Bonchev–Trinajstić information content (AvgIpc) is 2.69. The first-order valence-electron chi connectivity index (χ1n) is 4.70. The normalized spacial score (nSPS) is 19.8. The molecular weight excluding hydrogens is 238 g/mol. The monoisotopic (exact) mass is 251 g/mol.